The number of benzene rings is 1. The summed E-state index contributed by atoms with van der Waals surface area (Å²) in [6.45, 7) is 3.58. The van der Waals surface area contributed by atoms with Gasteiger partial charge in [0.05, 0.1) is 13.2 Å². The van der Waals surface area contributed by atoms with Gasteiger partial charge in [-0.05, 0) is 12.5 Å². The van der Waals surface area contributed by atoms with Gasteiger partial charge in [-0.3, -0.25) is 4.79 Å². The number of methoxy groups -OCH3 is 1. The lowest BCUT2D eigenvalue weighted by molar-refractivity contribution is -0.137. The van der Waals surface area contributed by atoms with Crippen molar-refractivity contribution in [3.05, 3.63) is 47.5 Å². The maximum Gasteiger partial charge on any atom is 0.246 e. The van der Waals surface area contributed by atoms with E-state index in [2.05, 4.69) is 10.2 Å². The van der Waals surface area contributed by atoms with Crippen LogP contribution in [0.5, 0.6) is 0 Å². The zero-order chi connectivity index (χ0) is 15.5. The maximum absolute atomic E-state index is 12.6. The van der Waals surface area contributed by atoms with E-state index in [1.807, 2.05) is 46.7 Å². The molecule has 0 saturated carbocycles. The van der Waals surface area contributed by atoms with Crippen molar-refractivity contribution in [2.45, 2.75) is 32.5 Å². The van der Waals surface area contributed by atoms with Crippen molar-refractivity contribution in [3.63, 3.8) is 0 Å². The lowest BCUT2D eigenvalue weighted by atomic mass is 10.1. The second-order valence-corrected chi connectivity index (χ2v) is 5.50. The molecule has 1 aromatic carbocycles. The summed E-state index contributed by atoms with van der Waals surface area (Å²) < 4.78 is 7.04. The minimum atomic E-state index is -0.269. The number of carbonyl (C=O) groups is 1. The van der Waals surface area contributed by atoms with E-state index in [0.29, 0.717) is 26.1 Å². The van der Waals surface area contributed by atoms with Crippen LogP contribution in [0.1, 0.15) is 30.2 Å². The van der Waals surface area contributed by atoms with Gasteiger partial charge in [0.25, 0.3) is 0 Å². The number of amides is 1. The van der Waals surface area contributed by atoms with Crippen LogP contribution in [-0.2, 0) is 29.0 Å². The fourth-order valence-electron chi connectivity index (χ4n) is 2.84. The predicted octanol–water partition coefficient (Wildman–Crippen LogP) is 1.57. The standard InChI is InChI=1S/C16H20N4O2/c1-12-16(21)19(10-13-6-4-3-5-7-13)11-15-18-17-14(20(12)15)8-9-22-2/h3-7,12H,8-11H2,1-2H3/t12-/m0/s1. The van der Waals surface area contributed by atoms with Crippen LogP contribution in [0.2, 0.25) is 0 Å². The van der Waals surface area contributed by atoms with E-state index in [1.165, 1.54) is 0 Å². The molecule has 2 heterocycles. The van der Waals surface area contributed by atoms with Crippen molar-refractivity contribution >= 4 is 5.91 Å². The number of ether oxygens (including phenoxy) is 1. The number of carbonyl (C=O) groups excluding carboxylic acids is 1. The van der Waals surface area contributed by atoms with Crippen LogP contribution in [-0.4, -0.2) is 39.3 Å². The Hall–Kier alpha value is -2.21. The summed E-state index contributed by atoms with van der Waals surface area (Å²) in [6.07, 6.45) is 0.666. The highest BCUT2D eigenvalue weighted by Crippen LogP contribution is 2.24. The Morgan fingerprint density at radius 1 is 1.27 bits per heavy atom. The van der Waals surface area contributed by atoms with Crippen molar-refractivity contribution in [2.75, 3.05) is 13.7 Å². The molecule has 116 valence electrons. The molecular formula is C16H20N4O2. The molecule has 1 atom stereocenters. The average molecular weight is 300 g/mol. The van der Waals surface area contributed by atoms with Crippen LogP contribution < -0.4 is 0 Å². The van der Waals surface area contributed by atoms with Gasteiger partial charge in [0.2, 0.25) is 5.91 Å². The van der Waals surface area contributed by atoms with E-state index >= 15 is 0 Å². The molecule has 1 aliphatic heterocycles. The number of nitrogens with zero attached hydrogens (tertiary/aromatic N) is 4. The highest BCUT2D eigenvalue weighted by Gasteiger charge is 2.32. The first-order chi connectivity index (χ1) is 10.7. The number of aromatic nitrogens is 3. The molecule has 22 heavy (non-hydrogen) atoms. The third kappa shape index (κ3) is 2.74. The second kappa shape index (κ2) is 6.27. The molecule has 3 rings (SSSR count). The van der Waals surface area contributed by atoms with Crippen LogP contribution in [0, 0.1) is 0 Å². The third-order valence-electron chi connectivity index (χ3n) is 3.97. The van der Waals surface area contributed by atoms with E-state index in [1.54, 1.807) is 7.11 Å². The number of hydrogen-bond donors (Lipinski definition) is 0. The molecular weight excluding hydrogens is 280 g/mol. The van der Waals surface area contributed by atoms with Crippen LogP contribution >= 0.6 is 0 Å². The van der Waals surface area contributed by atoms with Gasteiger partial charge in [-0.2, -0.15) is 0 Å². The Morgan fingerprint density at radius 3 is 2.77 bits per heavy atom. The molecule has 1 aromatic heterocycles. The van der Waals surface area contributed by atoms with E-state index in [4.69, 9.17) is 4.74 Å². The number of hydrogen-bond acceptors (Lipinski definition) is 4. The molecule has 1 aliphatic rings. The lowest BCUT2D eigenvalue weighted by Crippen LogP contribution is -2.41. The predicted molar refractivity (Wildman–Crippen MR) is 81.0 cm³/mol. The second-order valence-electron chi connectivity index (χ2n) is 5.50. The lowest BCUT2D eigenvalue weighted by Gasteiger charge is -2.32. The molecule has 6 heteroatoms. The van der Waals surface area contributed by atoms with Crippen molar-refractivity contribution in [3.8, 4) is 0 Å². The molecule has 0 unspecified atom stereocenters. The van der Waals surface area contributed by atoms with E-state index in [0.717, 1.165) is 17.2 Å². The molecule has 0 fully saturated rings. The summed E-state index contributed by atoms with van der Waals surface area (Å²) in [5.41, 5.74) is 1.12. The normalized spacial score (nSPS) is 17.6. The molecule has 0 aliphatic carbocycles. The number of rotatable bonds is 5. The van der Waals surface area contributed by atoms with Gasteiger partial charge in [0, 0.05) is 20.1 Å². The molecule has 0 saturated heterocycles. The van der Waals surface area contributed by atoms with Crippen LogP contribution in [0.25, 0.3) is 0 Å². The smallest absolute Gasteiger partial charge is 0.246 e. The van der Waals surface area contributed by atoms with Gasteiger partial charge in [0.1, 0.15) is 11.9 Å². The summed E-state index contributed by atoms with van der Waals surface area (Å²) >= 11 is 0. The quantitative estimate of drug-likeness (QED) is 0.841. The third-order valence-corrected chi connectivity index (χ3v) is 3.97. The summed E-state index contributed by atoms with van der Waals surface area (Å²) in [6, 6.07) is 9.73. The van der Waals surface area contributed by atoms with Crippen molar-refractivity contribution in [1.29, 1.82) is 0 Å². The van der Waals surface area contributed by atoms with Gasteiger partial charge in [-0.25, -0.2) is 0 Å². The first-order valence-corrected chi connectivity index (χ1v) is 7.45. The first kappa shape index (κ1) is 14.7. The molecule has 2 aromatic rings. The van der Waals surface area contributed by atoms with E-state index in [-0.39, 0.29) is 11.9 Å². The summed E-state index contributed by atoms with van der Waals surface area (Å²) in [5.74, 6) is 1.76. The highest BCUT2D eigenvalue weighted by atomic mass is 16.5. The zero-order valence-electron chi connectivity index (χ0n) is 12.9. The Bertz CT molecular complexity index is 653. The van der Waals surface area contributed by atoms with Crippen molar-refractivity contribution < 1.29 is 9.53 Å². The van der Waals surface area contributed by atoms with Crippen molar-refractivity contribution in [1.82, 2.24) is 19.7 Å². The van der Waals surface area contributed by atoms with Crippen molar-refractivity contribution in [2.24, 2.45) is 0 Å². The summed E-state index contributed by atoms with van der Waals surface area (Å²) in [7, 11) is 1.66. The maximum atomic E-state index is 12.6. The molecule has 0 spiro atoms. The minimum absolute atomic E-state index is 0.106. The Kier molecular flexibility index (Phi) is 4.20. The van der Waals surface area contributed by atoms with Gasteiger partial charge in [0.15, 0.2) is 5.82 Å². The molecule has 0 bridgehead atoms. The van der Waals surface area contributed by atoms with E-state index < -0.39 is 0 Å². The van der Waals surface area contributed by atoms with Crippen LogP contribution in [0.15, 0.2) is 30.3 Å². The fourth-order valence-corrected chi connectivity index (χ4v) is 2.84. The monoisotopic (exact) mass is 300 g/mol. The molecule has 0 N–H and O–H groups in total. The number of fused-ring (bicyclic) bond motifs is 1. The fraction of sp³-hybridized carbons (Fsp3) is 0.438. The first-order valence-electron chi connectivity index (χ1n) is 7.45. The molecule has 1 amide bonds. The summed E-state index contributed by atoms with van der Waals surface area (Å²) in [4.78, 5) is 14.5. The van der Waals surface area contributed by atoms with Gasteiger partial charge in [-0.15, -0.1) is 10.2 Å². The minimum Gasteiger partial charge on any atom is -0.384 e. The summed E-state index contributed by atoms with van der Waals surface area (Å²) in [5, 5.41) is 8.47. The average Bonchev–Trinajstić information content (AvgIpc) is 2.94. The SMILES string of the molecule is COCCc1nnc2n1[C@@H](C)C(=O)N(Cc1ccccc1)C2. The van der Waals surface area contributed by atoms with Gasteiger partial charge < -0.3 is 14.2 Å². The van der Waals surface area contributed by atoms with Crippen LogP contribution in [0.3, 0.4) is 0 Å². The van der Waals surface area contributed by atoms with Crippen LogP contribution in [0.4, 0.5) is 0 Å². The Labute approximate surface area is 129 Å². The van der Waals surface area contributed by atoms with Gasteiger partial charge in [-0.1, -0.05) is 30.3 Å². The highest BCUT2D eigenvalue weighted by molar-refractivity contribution is 5.81. The van der Waals surface area contributed by atoms with Gasteiger partial charge >= 0.3 is 0 Å². The Balaban J connectivity index is 1.81. The topological polar surface area (TPSA) is 60.3 Å². The largest absolute Gasteiger partial charge is 0.384 e. The molecule has 0 radical (unpaired) electrons. The molecule has 6 nitrogen and oxygen atoms in total. The Morgan fingerprint density at radius 2 is 2.05 bits per heavy atom. The zero-order valence-corrected chi connectivity index (χ0v) is 12.9. The van der Waals surface area contributed by atoms with E-state index in [9.17, 15) is 4.79 Å².